The highest BCUT2D eigenvalue weighted by Gasteiger charge is 2.65. The van der Waals surface area contributed by atoms with Gasteiger partial charge < -0.3 is 20.4 Å². The molecule has 0 spiro atoms. The van der Waals surface area contributed by atoms with E-state index in [4.69, 9.17) is 0 Å². The molecule has 180 valence electrons. The Morgan fingerprint density at radius 1 is 0.871 bits per heavy atom. The first-order chi connectivity index (χ1) is 14.5. The second kappa shape index (κ2) is 8.56. The van der Waals surface area contributed by atoms with Crippen molar-refractivity contribution in [3.63, 3.8) is 0 Å². The molecular formula is C27H48O4. The Morgan fingerprint density at radius 3 is 2.26 bits per heavy atom. The Kier molecular flexibility index (Phi) is 6.62. The Morgan fingerprint density at radius 2 is 1.58 bits per heavy atom. The molecule has 0 heterocycles. The molecule has 0 aromatic rings. The van der Waals surface area contributed by atoms with Gasteiger partial charge >= 0.3 is 0 Å². The van der Waals surface area contributed by atoms with Gasteiger partial charge in [-0.1, -0.05) is 34.6 Å². The molecule has 4 aliphatic rings. The van der Waals surface area contributed by atoms with Crippen molar-refractivity contribution in [3.05, 3.63) is 0 Å². The van der Waals surface area contributed by atoms with Gasteiger partial charge in [-0.15, -0.1) is 0 Å². The quantitative estimate of drug-likeness (QED) is 0.515. The van der Waals surface area contributed by atoms with Gasteiger partial charge in [-0.25, -0.2) is 0 Å². The van der Waals surface area contributed by atoms with Crippen molar-refractivity contribution in [3.8, 4) is 0 Å². The fourth-order valence-corrected chi connectivity index (χ4v) is 9.10. The minimum absolute atomic E-state index is 0.135. The van der Waals surface area contributed by atoms with Crippen LogP contribution >= 0.6 is 0 Å². The molecule has 1 unspecified atom stereocenters. The average molecular weight is 437 g/mol. The molecule has 4 heteroatoms. The second-order valence-electron chi connectivity index (χ2n) is 12.9. The van der Waals surface area contributed by atoms with Gasteiger partial charge in [0, 0.05) is 0 Å². The Bertz CT molecular complexity index is 637. The van der Waals surface area contributed by atoms with Crippen LogP contribution in [0.4, 0.5) is 0 Å². The summed E-state index contributed by atoms with van der Waals surface area (Å²) < 4.78 is 0. The fourth-order valence-electron chi connectivity index (χ4n) is 9.10. The predicted octanol–water partition coefficient (Wildman–Crippen LogP) is 4.38. The van der Waals surface area contributed by atoms with E-state index in [-0.39, 0.29) is 41.2 Å². The monoisotopic (exact) mass is 436 g/mol. The Hall–Kier alpha value is -0.160. The van der Waals surface area contributed by atoms with Crippen molar-refractivity contribution in [1.29, 1.82) is 0 Å². The lowest BCUT2D eigenvalue weighted by atomic mass is 9.43. The van der Waals surface area contributed by atoms with Crippen LogP contribution < -0.4 is 0 Å². The van der Waals surface area contributed by atoms with E-state index >= 15 is 0 Å². The van der Waals surface area contributed by atoms with E-state index in [9.17, 15) is 20.4 Å². The van der Waals surface area contributed by atoms with Gasteiger partial charge in [0.15, 0.2) is 0 Å². The maximum Gasteiger partial charge on any atom is 0.0602 e. The molecule has 12 atom stereocenters. The van der Waals surface area contributed by atoms with Gasteiger partial charge in [0.2, 0.25) is 0 Å². The van der Waals surface area contributed by atoms with Gasteiger partial charge in [0.1, 0.15) is 0 Å². The van der Waals surface area contributed by atoms with Crippen molar-refractivity contribution >= 4 is 0 Å². The van der Waals surface area contributed by atoms with Crippen LogP contribution in [0.5, 0.6) is 0 Å². The summed E-state index contributed by atoms with van der Waals surface area (Å²) in [6.45, 7) is 11.2. The first kappa shape index (κ1) is 24.0. The van der Waals surface area contributed by atoms with Gasteiger partial charge in [-0.05, 0) is 110 Å². The molecule has 4 aliphatic carbocycles. The van der Waals surface area contributed by atoms with Crippen molar-refractivity contribution in [2.45, 2.75) is 117 Å². The SMILES string of the molecule is CC(C)C(O)CC[C@@H](C)[C@H]1CC[C@H]2[C@@H]3[C@H](O)C[C@@H]4C[C@H](O)CC[C@]4(C)[C@H]3C[C@H](O)[C@]12C. The summed E-state index contributed by atoms with van der Waals surface area (Å²) in [5.74, 6) is 2.62. The first-order valence-corrected chi connectivity index (χ1v) is 13.2. The maximum absolute atomic E-state index is 11.6. The van der Waals surface area contributed by atoms with Gasteiger partial charge in [0.05, 0.1) is 24.4 Å². The number of aliphatic hydroxyl groups excluding tert-OH is 4. The first-order valence-electron chi connectivity index (χ1n) is 13.2. The minimum atomic E-state index is -0.321. The standard InChI is InChI=1S/C27H48O4/c1-15(2)22(29)9-6-16(3)19-7-8-20-25-21(14-24(31)27(19,20)5)26(4)11-10-18(28)12-17(26)13-23(25)30/h15-25,28-31H,6-14H2,1-5H3/t16-,17+,18-,19-,20+,21+,22?,23-,24+,25+,26+,27-/m1/s1. The van der Waals surface area contributed by atoms with E-state index in [0.29, 0.717) is 35.5 Å². The van der Waals surface area contributed by atoms with Crippen molar-refractivity contribution in [2.24, 2.45) is 52.3 Å². The topological polar surface area (TPSA) is 80.9 Å². The van der Waals surface area contributed by atoms with Crippen molar-refractivity contribution in [2.75, 3.05) is 0 Å². The highest BCUT2D eigenvalue weighted by atomic mass is 16.3. The molecule has 0 aromatic carbocycles. The molecule has 0 radical (unpaired) electrons. The van der Waals surface area contributed by atoms with E-state index in [1.807, 2.05) is 0 Å². The van der Waals surface area contributed by atoms with Crippen LogP contribution in [0.3, 0.4) is 0 Å². The molecule has 4 N–H and O–H groups in total. The normalized spacial score (nSPS) is 51.7. The highest BCUT2D eigenvalue weighted by molar-refractivity contribution is 5.14. The Labute approximate surface area is 189 Å². The van der Waals surface area contributed by atoms with E-state index in [1.165, 1.54) is 0 Å². The summed E-state index contributed by atoms with van der Waals surface area (Å²) in [5, 5.41) is 43.6. The Balaban J connectivity index is 1.55. The van der Waals surface area contributed by atoms with Crippen LogP contribution in [-0.2, 0) is 0 Å². The third-order valence-corrected chi connectivity index (χ3v) is 11.2. The summed E-state index contributed by atoms with van der Waals surface area (Å²) in [6.07, 6.45) is 7.31. The van der Waals surface area contributed by atoms with Crippen LogP contribution in [-0.4, -0.2) is 44.8 Å². The average Bonchev–Trinajstić information content (AvgIpc) is 3.06. The lowest BCUT2D eigenvalue weighted by Gasteiger charge is -2.63. The summed E-state index contributed by atoms with van der Waals surface area (Å²) in [5.41, 5.74) is -0.00175. The fraction of sp³-hybridized carbons (Fsp3) is 1.00. The van der Waals surface area contributed by atoms with Crippen LogP contribution in [0.25, 0.3) is 0 Å². The minimum Gasteiger partial charge on any atom is -0.393 e. The largest absolute Gasteiger partial charge is 0.393 e. The van der Waals surface area contributed by atoms with Crippen molar-refractivity contribution < 1.29 is 20.4 Å². The maximum atomic E-state index is 11.6. The van der Waals surface area contributed by atoms with Crippen LogP contribution in [0, 0.1) is 52.3 Å². The zero-order valence-electron chi connectivity index (χ0n) is 20.5. The van der Waals surface area contributed by atoms with Crippen LogP contribution in [0.2, 0.25) is 0 Å². The number of aliphatic hydroxyl groups is 4. The summed E-state index contributed by atoms with van der Waals surface area (Å²) in [7, 11) is 0. The van der Waals surface area contributed by atoms with Crippen LogP contribution in [0.15, 0.2) is 0 Å². The lowest BCUT2D eigenvalue weighted by Crippen LogP contribution is -2.62. The third kappa shape index (κ3) is 3.82. The number of rotatable bonds is 5. The smallest absolute Gasteiger partial charge is 0.0602 e. The molecular weight excluding hydrogens is 388 g/mol. The van der Waals surface area contributed by atoms with E-state index in [2.05, 4.69) is 34.6 Å². The summed E-state index contributed by atoms with van der Waals surface area (Å²) in [6, 6.07) is 0. The molecule has 4 saturated carbocycles. The number of hydrogen-bond donors (Lipinski definition) is 4. The second-order valence-corrected chi connectivity index (χ2v) is 12.9. The predicted molar refractivity (Wildman–Crippen MR) is 123 cm³/mol. The zero-order valence-corrected chi connectivity index (χ0v) is 20.5. The zero-order chi connectivity index (χ0) is 22.7. The van der Waals surface area contributed by atoms with Gasteiger partial charge in [0.25, 0.3) is 0 Å². The van der Waals surface area contributed by atoms with E-state index in [1.54, 1.807) is 0 Å². The van der Waals surface area contributed by atoms with Gasteiger partial charge in [-0.2, -0.15) is 0 Å². The molecule has 4 nitrogen and oxygen atoms in total. The van der Waals surface area contributed by atoms with Crippen molar-refractivity contribution in [1.82, 2.24) is 0 Å². The lowest BCUT2D eigenvalue weighted by molar-refractivity contribution is -0.207. The van der Waals surface area contributed by atoms with E-state index < -0.39 is 0 Å². The summed E-state index contributed by atoms with van der Waals surface area (Å²) >= 11 is 0. The third-order valence-electron chi connectivity index (χ3n) is 11.2. The summed E-state index contributed by atoms with van der Waals surface area (Å²) in [4.78, 5) is 0. The van der Waals surface area contributed by atoms with Crippen LogP contribution in [0.1, 0.15) is 92.4 Å². The molecule has 0 aliphatic heterocycles. The highest BCUT2D eigenvalue weighted by Crippen LogP contribution is 2.68. The van der Waals surface area contributed by atoms with E-state index in [0.717, 1.165) is 57.8 Å². The molecule has 0 amide bonds. The van der Waals surface area contributed by atoms with Gasteiger partial charge in [-0.3, -0.25) is 0 Å². The number of fused-ring (bicyclic) bond motifs is 5. The molecule has 0 aromatic heterocycles. The number of hydrogen-bond acceptors (Lipinski definition) is 4. The molecule has 0 saturated heterocycles. The molecule has 31 heavy (non-hydrogen) atoms. The molecule has 4 rings (SSSR count). The molecule has 0 bridgehead atoms. The molecule has 4 fully saturated rings.